The van der Waals surface area contributed by atoms with E-state index in [9.17, 15) is 0 Å². The first-order chi connectivity index (χ1) is 13.9. The summed E-state index contributed by atoms with van der Waals surface area (Å²) in [6.07, 6.45) is 24.1. The van der Waals surface area contributed by atoms with Crippen LogP contribution in [0.15, 0.2) is 36.4 Å². The second-order valence-corrected chi connectivity index (χ2v) is 8.26. The highest BCUT2D eigenvalue weighted by atomic mass is 16.6. The molecule has 1 aromatic carbocycles. The molecule has 1 unspecified atom stereocenters. The molecule has 0 N–H and O–H groups in total. The molecule has 2 heteroatoms. The van der Waals surface area contributed by atoms with Crippen molar-refractivity contribution in [3.05, 3.63) is 42.0 Å². The van der Waals surface area contributed by atoms with Crippen molar-refractivity contribution in [3.8, 4) is 5.75 Å². The van der Waals surface area contributed by atoms with Crippen LogP contribution in [0.4, 0.5) is 0 Å². The summed E-state index contributed by atoms with van der Waals surface area (Å²) in [4.78, 5) is 0. The first-order valence-electron chi connectivity index (χ1n) is 11.8. The lowest BCUT2D eigenvalue weighted by atomic mass is 10.0. The van der Waals surface area contributed by atoms with Gasteiger partial charge in [-0.15, -0.1) is 0 Å². The Morgan fingerprint density at radius 1 is 0.893 bits per heavy atom. The maximum absolute atomic E-state index is 5.77. The summed E-state index contributed by atoms with van der Waals surface area (Å²) in [5, 5.41) is 0. The Balaban J connectivity index is 1.34. The van der Waals surface area contributed by atoms with Gasteiger partial charge in [0.25, 0.3) is 0 Å². The van der Waals surface area contributed by atoms with E-state index in [0.717, 1.165) is 12.4 Å². The molecule has 1 aliphatic rings. The lowest BCUT2D eigenvalue weighted by molar-refractivity contribution is 0.263. The Morgan fingerprint density at radius 3 is 2.11 bits per heavy atom. The molecule has 0 saturated carbocycles. The van der Waals surface area contributed by atoms with Crippen LogP contribution < -0.4 is 4.74 Å². The third kappa shape index (κ3) is 12.2. The number of epoxide rings is 1. The summed E-state index contributed by atoms with van der Waals surface area (Å²) in [5.41, 5.74) is 1.40. The van der Waals surface area contributed by atoms with Crippen molar-refractivity contribution in [2.45, 2.75) is 103 Å². The Kier molecular flexibility index (Phi) is 12.8. The van der Waals surface area contributed by atoms with Gasteiger partial charge in [-0.2, -0.15) is 0 Å². The smallest absolute Gasteiger partial charge is 0.119 e. The highest BCUT2D eigenvalue weighted by molar-refractivity contribution is 5.28. The minimum absolute atomic E-state index is 0.330. The van der Waals surface area contributed by atoms with Crippen LogP contribution >= 0.6 is 0 Å². The average Bonchev–Trinajstić information content (AvgIpc) is 3.54. The molecule has 0 spiro atoms. The molecule has 1 atom stereocenters. The normalized spacial score (nSPS) is 16.0. The van der Waals surface area contributed by atoms with Gasteiger partial charge in [-0.05, 0) is 50.3 Å². The summed E-state index contributed by atoms with van der Waals surface area (Å²) in [6, 6.07) is 8.58. The molecule has 1 aromatic rings. The predicted molar refractivity (Wildman–Crippen MR) is 120 cm³/mol. The van der Waals surface area contributed by atoms with E-state index in [1.54, 1.807) is 0 Å². The lowest BCUT2D eigenvalue weighted by Gasteiger charge is -2.07. The molecule has 1 aliphatic heterocycles. The van der Waals surface area contributed by atoms with Crippen molar-refractivity contribution in [1.82, 2.24) is 0 Å². The standard InChI is InChI=1S/C26H42O2/c1-2-3-4-5-6-7-8-9-10-11-12-13-14-15-16-18-24-19-17-20-25(21-24)27-22-26-23-28-26/h2-3,17,19-21,26H,4-16,18,22-23H2,1H3/b3-2+. The summed E-state index contributed by atoms with van der Waals surface area (Å²) in [7, 11) is 0. The van der Waals surface area contributed by atoms with Gasteiger partial charge in [0, 0.05) is 0 Å². The fourth-order valence-electron chi connectivity index (χ4n) is 3.67. The van der Waals surface area contributed by atoms with Crippen molar-refractivity contribution < 1.29 is 9.47 Å². The number of allylic oxidation sites excluding steroid dienone is 2. The molecule has 158 valence electrons. The third-order valence-electron chi connectivity index (χ3n) is 5.56. The van der Waals surface area contributed by atoms with Gasteiger partial charge < -0.3 is 9.47 Å². The summed E-state index contributed by atoms with van der Waals surface area (Å²) in [5.74, 6) is 0.991. The third-order valence-corrected chi connectivity index (χ3v) is 5.56. The second-order valence-electron chi connectivity index (χ2n) is 8.26. The number of ether oxygens (including phenoxy) is 2. The van der Waals surface area contributed by atoms with Gasteiger partial charge in [0.1, 0.15) is 18.5 Å². The fraction of sp³-hybridized carbons (Fsp3) is 0.692. The van der Waals surface area contributed by atoms with Gasteiger partial charge >= 0.3 is 0 Å². The minimum Gasteiger partial charge on any atom is -0.491 e. The summed E-state index contributed by atoms with van der Waals surface area (Å²) < 4.78 is 11.0. The molecule has 2 rings (SSSR count). The molecule has 1 heterocycles. The Hall–Kier alpha value is -1.28. The van der Waals surface area contributed by atoms with Gasteiger partial charge in [-0.3, -0.25) is 0 Å². The van der Waals surface area contributed by atoms with Crippen LogP contribution in [0.3, 0.4) is 0 Å². The molecule has 0 amide bonds. The summed E-state index contributed by atoms with van der Waals surface area (Å²) >= 11 is 0. The maximum Gasteiger partial charge on any atom is 0.119 e. The van der Waals surface area contributed by atoms with Crippen molar-refractivity contribution in [2.24, 2.45) is 0 Å². The average molecular weight is 387 g/mol. The predicted octanol–water partition coefficient (Wildman–Crippen LogP) is 7.65. The van der Waals surface area contributed by atoms with Gasteiger partial charge in [-0.25, -0.2) is 0 Å². The molecular weight excluding hydrogens is 344 g/mol. The van der Waals surface area contributed by atoms with Crippen LogP contribution in [0, 0.1) is 0 Å². The number of benzene rings is 1. The Labute approximate surface area is 173 Å². The highest BCUT2D eigenvalue weighted by Crippen LogP contribution is 2.19. The first-order valence-corrected chi connectivity index (χ1v) is 11.8. The molecule has 0 radical (unpaired) electrons. The SMILES string of the molecule is C/C=C/CCCCCCCCCCCCCCc1cccc(OCC2CO2)c1. The van der Waals surface area contributed by atoms with E-state index in [1.807, 2.05) is 0 Å². The van der Waals surface area contributed by atoms with Crippen molar-refractivity contribution in [3.63, 3.8) is 0 Å². The number of hydrogen-bond donors (Lipinski definition) is 0. The van der Waals surface area contributed by atoms with E-state index < -0.39 is 0 Å². The van der Waals surface area contributed by atoms with Crippen molar-refractivity contribution in [1.29, 1.82) is 0 Å². The van der Waals surface area contributed by atoms with E-state index in [2.05, 4.69) is 43.3 Å². The van der Waals surface area contributed by atoms with Crippen molar-refractivity contribution in [2.75, 3.05) is 13.2 Å². The van der Waals surface area contributed by atoms with E-state index in [-0.39, 0.29) is 0 Å². The molecular formula is C26H42O2. The molecule has 1 saturated heterocycles. The van der Waals surface area contributed by atoms with Gasteiger partial charge in [0.2, 0.25) is 0 Å². The van der Waals surface area contributed by atoms with Crippen LogP contribution in [-0.4, -0.2) is 19.3 Å². The van der Waals surface area contributed by atoms with Crippen LogP contribution in [0.25, 0.3) is 0 Å². The monoisotopic (exact) mass is 386 g/mol. The van der Waals surface area contributed by atoms with Gasteiger partial charge in [0.15, 0.2) is 0 Å². The van der Waals surface area contributed by atoms with Crippen LogP contribution in [-0.2, 0) is 11.2 Å². The molecule has 0 aliphatic carbocycles. The van der Waals surface area contributed by atoms with Crippen LogP contribution in [0.5, 0.6) is 5.75 Å². The molecule has 1 fully saturated rings. The maximum atomic E-state index is 5.77. The van der Waals surface area contributed by atoms with E-state index in [4.69, 9.17) is 9.47 Å². The van der Waals surface area contributed by atoms with Crippen LogP contribution in [0.2, 0.25) is 0 Å². The molecule has 0 aromatic heterocycles. The largest absolute Gasteiger partial charge is 0.491 e. The van der Waals surface area contributed by atoms with Crippen LogP contribution in [0.1, 0.15) is 96.0 Å². The number of unbranched alkanes of at least 4 members (excludes halogenated alkanes) is 12. The topological polar surface area (TPSA) is 21.8 Å². The number of aryl methyl sites for hydroxylation is 1. The Morgan fingerprint density at radius 2 is 1.50 bits per heavy atom. The zero-order valence-electron chi connectivity index (χ0n) is 18.2. The van der Waals surface area contributed by atoms with E-state index >= 15 is 0 Å². The molecule has 0 bridgehead atoms. The zero-order chi connectivity index (χ0) is 19.7. The quantitative estimate of drug-likeness (QED) is 0.147. The number of rotatable bonds is 18. The molecule has 28 heavy (non-hydrogen) atoms. The first kappa shape index (κ1) is 23.0. The summed E-state index contributed by atoms with van der Waals surface area (Å²) in [6.45, 7) is 3.66. The second kappa shape index (κ2) is 15.6. The minimum atomic E-state index is 0.330. The zero-order valence-corrected chi connectivity index (χ0v) is 18.2. The lowest BCUT2D eigenvalue weighted by Crippen LogP contribution is -2.04. The van der Waals surface area contributed by atoms with E-state index in [0.29, 0.717) is 12.7 Å². The van der Waals surface area contributed by atoms with Gasteiger partial charge in [0.05, 0.1) is 6.61 Å². The van der Waals surface area contributed by atoms with Gasteiger partial charge in [-0.1, -0.05) is 88.5 Å². The Bertz CT molecular complexity index is 519. The number of hydrogen-bond acceptors (Lipinski definition) is 2. The fourth-order valence-corrected chi connectivity index (χ4v) is 3.67. The molecule has 2 nitrogen and oxygen atoms in total. The van der Waals surface area contributed by atoms with E-state index in [1.165, 1.54) is 95.5 Å². The highest BCUT2D eigenvalue weighted by Gasteiger charge is 2.22. The van der Waals surface area contributed by atoms with Crippen molar-refractivity contribution >= 4 is 0 Å².